The maximum absolute atomic E-state index is 5.13. The van der Waals surface area contributed by atoms with Crippen LogP contribution in [0.15, 0.2) is 194 Å². The Kier molecular flexibility index (Phi) is 8.43. The maximum Gasteiger partial charge on any atom is 0.160 e. The molecule has 2 aliphatic carbocycles. The number of hydrogen-bond donors (Lipinski definition) is 0. The molecule has 0 atom stereocenters. The SMILES string of the molecule is c1ccc(-c2cccc(-c3cc(-c4ccc(-c5cccc(-c6cccc7c6-c6cc8ccccc8cc6C76CCCCC6)c5)cc4)nc(-c4ccccc4)n3)c2)cc1. The van der Waals surface area contributed by atoms with E-state index in [2.05, 4.69) is 176 Å². The van der Waals surface area contributed by atoms with Gasteiger partial charge in [0.2, 0.25) is 0 Å². The molecule has 0 aliphatic heterocycles. The Labute approximate surface area is 340 Å². The van der Waals surface area contributed by atoms with Crippen molar-refractivity contribution in [2.45, 2.75) is 37.5 Å². The number of benzene rings is 8. The van der Waals surface area contributed by atoms with Crippen LogP contribution in [0, 0.1) is 0 Å². The molecule has 276 valence electrons. The average Bonchev–Trinajstić information content (AvgIpc) is 3.56. The molecule has 58 heavy (non-hydrogen) atoms. The highest BCUT2D eigenvalue weighted by Gasteiger charge is 2.44. The van der Waals surface area contributed by atoms with Crippen LogP contribution in [-0.4, -0.2) is 9.97 Å². The molecule has 0 radical (unpaired) electrons. The van der Waals surface area contributed by atoms with Gasteiger partial charge in [-0.15, -0.1) is 0 Å². The van der Waals surface area contributed by atoms with E-state index in [-0.39, 0.29) is 5.41 Å². The van der Waals surface area contributed by atoms with Crippen molar-refractivity contribution >= 4 is 10.8 Å². The first-order chi connectivity index (χ1) is 28.7. The molecular formula is C56H42N2. The minimum atomic E-state index is 0.0995. The van der Waals surface area contributed by atoms with E-state index in [1.54, 1.807) is 0 Å². The molecule has 1 saturated carbocycles. The molecule has 0 amide bonds. The zero-order chi connectivity index (χ0) is 38.5. The second-order valence-corrected chi connectivity index (χ2v) is 16.0. The minimum Gasteiger partial charge on any atom is -0.228 e. The monoisotopic (exact) mass is 742 g/mol. The van der Waals surface area contributed by atoms with Gasteiger partial charge in [0.1, 0.15) is 0 Å². The summed E-state index contributed by atoms with van der Waals surface area (Å²) in [6.45, 7) is 0. The van der Waals surface area contributed by atoms with Gasteiger partial charge < -0.3 is 0 Å². The van der Waals surface area contributed by atoms with Crippen LogP contribution >= 0.6 is 0 Å². The zero-order valence-electron chi connectivity index (χ0n) is 32.4. The van der Waals surface area contributed by atoms with Crippen molar-refractivity contribution in [3.8, 4) is 78.4 Å². The molecular weight excluding hydrogens is 701 g/mol. The third-order valence-corrected chi connectivity index (χ3v) is 12.7. The predicted octanol–water partition coefficient (Wildman–Crippen LogP) is 14.9. The molecule has 2 aliphatic rings. The Balaban J connectivity index is 0.971. The fraction of sp³-hybridized carbons (Fsp3) is 0.107. The van der Waals surface area contributed by atoms with Gasteiger partial charge in [0.05, 0.1) is 11.4 Å². The normalized spacial score (nSPS) is 14.0. The molecule has 1 aromatic heterocycles. The van der Waals surface area contributed by atoms with Crippen LogP contribution < -0.4 is 0 Å². The lowest BCUT2D eigenvalue weighted by atomic mass is 9.67. The lowest BCUT2D eigenvalue weighted by Crippen LogP contribution is -2.28. The number of rotatable bonds is 6. The lowest BCUT2D eigenvalue weighted by Gasteiger charge is -2.36. The van der Waals surface area contributed by atoms with Gasteiger partial charge in [0.15, 0.2) is 5.82 Å². The van der Waals surface area contributed by atoms with Crippen LogP contribution in [0.1, 0.15) is 43.2 Å². The molecule has 11 rings (SSSR count). The molecule has 1 fully saturated rings. The molecule has 2 heteroatoms. The maximum atomic E-state index is 5.13. The third-order valence-electron chi connectivity index (χ3n) is 12.7. The van der Waals surface area contributed by atoms with Gasteiger partial charge in [-0.25, -0.2) is 9.97 Å². The Morgan fingerprint density at radius 1 is 0.328 bits per heavy atom. The zero-order valence-corrected chi connectivity index (χ0v) is 32.4. The van der Waals surface area contributed by atoms with Crippen molar-refractivity contribution in [1.82, 2.24) is 9.97 Å². The van der Waals surface area contributed by atoms with E-state index >= 15 is 0 Å². The highest BCUT2D eigenvalue weighted by Crippen LogP contribution is 2.58. The third kappa shape index (κ3) is 5.96. The molecule has 0 unspecified atom stereocenters. The molecule has 2 nitrogen and oxygen atoms in total. The van der Waals surface area contributed by atoms with E-state index in [0.29, 0.717) is 0 Å². The molecule has 9 aromatic rings. The van der Waals surface area contributed by atoms with Gasteiger partial charge in [-0.1, -0.05) is 183 Å². The Bertz CT molecular complexity index is 2960. The van der Waals surface area contributed by atoms with E-state index in [1.165, 1.54) is 92.9 Å². The van der Waals surface area contributed by atoms with E-state index in [4.69, 9.17) is 9.97 Å². The summed E-state index contributed by atoms with van der Waals surface area (Å²) in [6.07, 6.45) is 6.35. The van der Waals surface area contributed by atoms with Gasteiger partial charge >= 0.3 is 0 Å². The summed E-state index contributed by atoms with van der Waals surface area (Å²) in [6, 6.07) is 70.5. The second-order valence-electron chi connectivity index (χ2n) is 16.0. The fourth-order valence-corrected chi connectivity index (χ4v) is 9.81. The number of nitrogens with zero attached hydrogens (tertiary/aromatic N) is 2. The van der Waals surface area contributed by atoms with Crippen LogP contribution in [0.25, 0.3) is 89.2 Å². The lowest BCUT2D eigenvalue weighted by molar-refractivity contribution is 0.353. The smallest absolute Gasteiger partial charge is 0.160 e. The van der Waals surface area contributed by atoms with E-state index in [9.17, 15) is 0 Å². The van der Waals surface area contributed by atoms with Gasteiger partial charge in [-0.05, 0) is 110 Å². The van der Waals surface area contributed by atoms with Gasteiger partial charge in [0.25, 0.3) is 0 Å². The molecule has 0 bridgehead atoms. The summed E-state index contributed by atoms with van der Waals surface area (Å²) < 4.78 is 0. The highest BCUT2D eigenvalue weighted by atomic mass is 14.9. The standard InChI is InChI=1S/C56H42N2/c1-4-15-38(16-5-1)43-22-13-24-47(34-43)53-37-52(57-55(58-53)41-17-6-2-7-18-41)40-29-27-39(28-30-40)42-21-12-23-46(33-42)48-25-14-26-50-54(48)49-35-44-19-8-9-20-45(44)36-51(49)56(50)31-10-3-11-32-56/h1-2,4-9,12-30,33-37H,3,10-11,31-32H2. The van der Waals surface area contributed by atoms with Crippen molar-refractivity contribution in [1.29, 1.82) is 0 Å². The molecule has 1 heterocycles. The van der Waals surface area contributed by atoms with Crippen LogP contribution in [-0.2, 0) is 5.41 Å². The highest BCUT2D eigenvalue weighted by molar-refractivity contribution is 5.99. The van der Waals surface area contributed by atoms with E-state index in [0.717, 1.165) is 39.5 Å². The van der Waals surface area contributed by atoms with Crippen molar-refractivity contribution in [2.75, 3.05) is 0 Å². The predicted molar refractivity (Wildman–Crippen MR) is 241 cm³/mol. The summed E-state index contributed by atoms with van der Waals surface area (Å²) in [5.41, 5.74) is 18.3. The summed E-state index contributed by atoms with van der Waals surface area (Å²) >= 11 is 0. The van der Waals surface area contributed by atoms with Crippen molar-refractivity contribution in [2.24, 2.45) is 0 Å². The number of aromatic nitrogens is 2. The number of hydrogen-bond acceptors (Lipinski definition) is 2. The Hall–Kier alpha value is -6.90. The van der Waals surface area contributed by atoms with Crippen molar-refractivity contribution < 1.29 is 0 Å². The van der Waals surface area contributed by atoms with Crippen molar-refractivity contribution in [3.63, 3.8) is 0 Å². The fourth-order valence-electron chi connectivity index (χ4n) is 9.81. The summed E-state index contributed by atoms with van der Waals surface area (Å²) in [5, 5.41) is 2.66. The Morgan fingerprint density at radius 2 is 0.862 bits per heavy atom. The molecule has 1 spiro atoms. The van der Waals surface area contributed by atoms with E-state index < -0.39 is 0 Å². The first kappa shape index (κ1) is 34.4. The quantitative estimate of drug-likeness (QED) is 0.170. The average molecular weight is 743 g/mol. The van der Waals surface area contributed by atoms with Crippen LogP contribution in [0.4, 0.5) is 0 Å². The van der Waals surface area contributed by atoms with E-state index in [1.807, 2.05) is 18.2 Å². The summed E-state index contributed by atoms with van der Waals surface area (Å²) in [4.78, 5) is 10.2. The molecule has 0 saturated heterocycles. The first-order valence-corrected chi connectivity index (χ1v) is 20.7. The van der Waals surface area contributed by atoms with Gasteiger partial charge in [0, 0.05) is 22.1 Å². The Morgan fingerprint density at radius 3 is 1.59 bits per heavy atom. The van der Waals surface area contributed by atoms with Gasteiger partial charge in [-0.3, -0.25) is 0 Å². The van der Waals surface area contributed by atoms with Gasteiger partial charge in [-0.2, -0.15) is 0 Å². The largest absolute Gasteiger partial charge is 0.228 e. The van der Waals surface area contributed by atoms with Crippen LogP contribution in [0.5, 0.6) is 0 Å². The summed E-state index contributed by atoms with van der Waals surface area (Å²) in [7, 11) is 0. The molecule has 8 aromatic carbocycles. The van der Waals surface area contributed by atoms with Crippen molar-refractivity contribution in [3.05, 3.63) is 205 Å². The topological polar surface area (TPSA) is 25.8 Å². The van der Waals surface area contributed by atoms with Crippen LogP contribution in [0.2, 0.25) is 0 Å². The van der Waals surface area contributed by atoms with Crippen LogP contribution in [0.3, 0.4) is 0 Å². The summed E-state index contributed by atoms with van der Waals surface area (Å²) in [5.74, 6) is 0.718. The second kappa shape index (κ2) is 14.2. The first-order valence-electron chi connectivity index (χ1n) is 20.7. The number of fused-ring (bicyclic) bond motifs is 6. The minimum absolute atomic E-state index is 0.0995. The molecule has 0 N–H and O–H groups in total.